The van der Waals surface area contributed by atoms with Gasteiger partial charge in [-0.1, -0.05) is 19.8 Å². The van der Waals surface area contributed by atoms with Crippen molar-refractivity contribution < 1.29 is 14.6 Å². The van der Waals surface area contributed by atoms with Crippen LogP contribution in [0.4, 0.5) is 0 Å². The normalized spacial score (nSPS) is 25.7. The fourth-order valence-electron chi connectivity index (χ4n) is 4.32. The summed E-state index contributed by atoms with van der Waals surface area (Å²) in [6.45, 7) is 7.76. The van der Waals surface area contributed by atoms with E-state index in [0.29, 0.717) is 11.5 Å². The highest BCUT2D eigenvalue weighted by molar-refractivity contribution is 5.52. The third kappa shape index (κ3) is 4.39. The molecule has 2 aliphatic rings. The lowest BCUT2D eigenvalue weighted by Crippen LogP contribution is -2.50. The van der Waals surface area contributed by atoms with Gasteiger partial charge in [-0.3, -0.25) is 9.80 Å². The maximum atomic E-state index is 10.0. The molecule has 0 aromatic heterocycles. The molecule has 1 saturated heterocycles. The molecule has 0 spiro atoms. The van der Waals surface area contributed by atoms with Gasteiger partial charge in [0.05, 0.1) is 14.2 Å². The molecule has 5 nitrogen and oxygen atoms in total. The standard InChI is InChI=1S/C20H32N2O3/c1-15-5-4-6-17(11-15)22-9-7-21(8-10-22)14-16-12-18(24-2)20(23)19(13-16)25-3/h12-13,15,17,23H,4-11,14H2,1-3H3. The van der Waals surface area contributed by atoms with Crippen LogP contribution in [0.5, 0.6) is 17.2 Å². The van der Waals surface area contributed by atoms with Gasteiger partial charge in [-0.15, -0.1) is 0 Å². The Labute approximate surface area is 151 Å². The second-order valence-electron chi connectivity index (χ2n) is 7.59. The molecule has 25 heavy (non-hydrogen) atoms. The van der Waals surface area contributed by atoms with E-state index < -0.39 is 0 Å². The van der Waals surface area contributed by atoms with E-state index in [0.717, 1.165) is 50.2 Å². The summed E-state index contributed by atoms with van der Waals surface area (Å²) in [5.74, 6) is 1.91. The molecule has 1 N–H and O–H groups in total. The number of phenols is 1. The van der Waals surface area contributed by atoms with Crippen LogP contribution >= 0.6 is 0 Å². The zero-order chi connectivity index (χ0) is 17.8. The predicted molar refractivity (Wildman–Crippen MR) is 99.5 cm³/mol. The van der Waals surface area contributed by atoms with Crippen LogP contribution in [0, 0.1) is 5.92 Å². The van der Waals surface area contributed by atoms with Gasteiger partial charge in [0.25, 0.3) is 0 Å². The average molecular weight is 348 g/mol. The first kappa shape index (κ1) is 18.3. The topological polar surface area (TPSA) is 45.2 Å². The van der Waals surface area contributed by atoms with Crippen molar-refractivity contribution in [2.75, 3.05) is 40.4 Å². The van der Waals surface area contributed by atoms with Crippen LogP contribution in [0.3, 0.4) is 0 Å². The Morgan fingerprint density at radius 3 is 2.24 bits per heavy atom. The van der Waals surface area contributed by atoms with E-state index >= 15 is 0 Å². The first-order valence-corrected chi connectivity index (χ1v) is 9.51. The van der Waals surface area contributed by atoms with Gasteiger partial charge < -0.3 is 14.6 Å². The minimum absolute atomic E-state index is 0.0741. The number of benzene rings is 1. The molecule has 1 saturated carbocycles. The van der Waals surface area contributed by atoms with Crippen LogP contribution in [-0.4, -0.2) is 61.3 Å². The van der Waals surface area contributed by atoms with Crippen molar-refractivity contribution in [3.63, 3.8) is 0 Å². The van der Waals surface area contributed by atoms with Crippen LogP contribution in [0.1, 0.15) is 38.2 Å². The number of piperazine rings is 1. The predicted octanol–water partition coefficient (Wildman–Crippen LogP) is 3.11. The highest BCUT2D eigenvalue weighted by Crippen LogP contribution is 2.37. The molecule has 2 unspecified atom stereocenters. The van der Waals surface area contributed by atoms with E-state index in [4.69, 9.17) is 9.47 Å². The number of ether oxygens (including phenoxy) is 2. The third-order valence-corrected chi connectivity index (χ3v) is 5.78. The monoisotopic (exact) mass is 348 g/mol. The molecule has 0 amide bonds. The van der Waals surface area contributed by atoms with Gasteiger partial charge in [-0.25, -0.2) is 0 Å². The Bertz CT molecular complexity index is 545. The lowest BCUT2D eigenvalue weighted by Gasteiger charge is -2.42. The lowest BCUT2D eigenvalue weighted by molar-refractivity contribution is 0.0658. The summed E-state index contributed by atoms with van der Waals surface area (Å²) in [7, 11) is 3.14. The SMILES string of the molecule is COc1cc(CN2CCN(C3CCCC(C)C3)CC2)cc(OC)c1O. The lowest BCUT2D eigenvalue weighted by atomic mass is 9.86. The van der Waals surface area contributed by atoms with Gasteiger partial charge in [-0.2, -0.15) is 0 Å². The molecule has 140 valence electrons. The van der Waals surface area contributed by atoms with E-state index in [1.807, 2.05) is 12.1 Å². The summed E-state index contributed by atoms with van der Waals surface area (Å²) in [6.07, 6.45) is 5.53. The molecule has 1 aromatic rings. The maximum absolute atomic E-state index is 10.0. The summed E-state index contributed by atoms with van der Waals surface area (Å²) in [5.41, 5.74) is 1.12. The van der Waals surface area contributed by atoms with Crippen LogP contribution in [0.25, 0.3) is 0 Å². The molecule has 2 fully saturated rings. The van der Waals surface area contributed by atoms with Crippen molar-refractivity contribution in [2.45, 2.75) is 45.2 Å². The number of phenolic OH excluding ortho intramolecular Hbond substituents is 1. The molecule has 2 atom stereocenters. The van der Waals surface area contributed by atoms with E-state index in [2.05, 4.69) is 16.7 Å². The number of hydrogen-bond acceptors (Lipinski definition) is 5. The van der Waals surface area contributed by atoms with E-state index in [-0.39, 0.29) is 5.75 Å². The second kappa shape index (κ2) is 8.28. The third-order valence-electron chi connectivity index (χ3n) is 5.78. The van der Waals surface area contributed by atoms with Gasteiger partial charge in [-0.05, 0) is 36.5 Å². The second-order valence-corrected chi connectivity index (χ2v) is 7.59. The van der Waals surface area contributed by atoms with Gasteiger partial charge in [0.15, 0.2) is 11.5 Å². The first-order chi connectivity index (χ1) is 12.1. The van der Waals surface area contributed by atoms with E-state index in [1.54, 1.807) is 14.2 Å². The molecule has 1 heterocycles. The summed E-state index contributed by atoms with van der Waals surface area (Å²) in [6, 6.07) is 4.61. The van der Waals surface area contributed by atoms with Crippen LogP contribution in [0.15, 0.2) is 12.1 Å². The smallest absolute Gasteiger partial charge is 0.200 e. The van der Waals surface area contributed by atoms with Crippen molar-refractivity contribution in [1.29, 1.82) is 0 Å². The number of methoxy groups -OCH3 is 2. The van der Waals surface area contributed by atoms with Crippen molar-refractivity contribution in [3.05, 3.63) is 17.7 Å². The maximum Gasteiger partial charge on any atom is 0.200 e. The fourth-order valence-corrected chi connectivity index (χ4v) is 4.32. The Kier molecular flexibility index (Phi) is 6.07. The summed E-state index contributed by atoms with van der Waals surface area (Å²) in [4.78, 5) is 5.18. The van der Waals surface area contributed by atoms with Crippen LogP contribution in [0.2, 0.25) is 0 Å². The van der Waals surface area contributed by atoms with Gasteiger partial charge in [0.1, 0.15) is 0 Å². The molecular formula is C20H32N2O3. The number of rotatable bonds is 5. The highest BCUT2D eigenvalue weighted by atomic mass is 16.5. The molecule has 1 aliphatic carbocycles. The van der Waals surface area contributed by atoms with Gasteiger partial charge in [0, 0.05) is 38.8 Å². The van der Waals surface area contributed by atoms with E-state index in [1.165, 1.54) is 25.7 Å². The van der Waals surface area contributed by atoms with Gasteiger partial charge >= 0.3 is 0 Å². The zero-order valence-corrected chi connectivity index (χ0v) is 15.8. The largest absolute Gasteiger partial charge is 0.502 e. The molecule has 5 heteroatoms. The first-order valence-electron chi connectivity index (χ1n) is 9.51. The minimum Gasteiger partial charge on any atom is -0.502 e. The van der Waals surface area contributed by atoms with Crippen molar-refractivity contribution in [2.24, 2.45) is 5.92 Å². The quantitative estimate of drug-likeness (QED) is 0.886. The van der Waals surface area contributed by atoms with Gasteiger partial charge in [0.2, 0.25) is 5.75 Å². The average Bonchev–Trinajstić information content (AvgIpc) is 2.63. The van der Waals surface area contributed by atoms with Crippen molar-refractivity contribution in [3.8, 4) is 17.2 Å². The van der Waals surface area contributed by atoms with E-state index in [9.17, 15) is 5.11 Å². The Hall–Kier alpha value is -1.46. The molecule has 1 aliphatic heterocycles. The van der Waals surface area contributed by atoms with Crippen molar-refractivity contribution in [1.82, 2.24) is 9.80 Å². The number of hydrogen-bond donors (Lipinski definition) is 1. The number of nitrogens with zero attached hydrogens (tertiary/aromatic N) is 2. The number of aromatic hydroxyl groups is 1. The van der Waals surface area contributed by atoms with Crippen molar-refractivity contribution >= 4 is 0 Å². The molecule has 0 radical (unpaired) electrons. The Balaban J connectivity index is 1.57. The Morgan fingerprint density at radius 1 is 1.04 bits per heavy atom. The summed E-state index contributed by atoms with van der Waals surface area (Å²) >= 11 is 0. The fraction of sp³-hybridized carbons (Fsp3) is 0.700. The summed E-state index contributed by atoms with van der Waals surface area (Å²) in [5, 5.41) is 10.0. The molecule has 3 rings (SSSR count). The highest BCUT2D eigenvalue weighted by Gasteiger charge is 2.27. The Morgan fingerprint density at radius 2 is 1.68 bits per heavy atom. The molecule has 0 bridgehead atoms. The minimum atomic E-state index is 0.0741. The van der Waals surface area contributed by atoms with Crippen LogP contribution < -0.4 is 9.47 Å². The zero-order valence-electron chi connectivity index (χ0n) is 15.8. The molecular weight excluding hydrogens is 316 g/mol. The van der Waals surface area contributed by atoms with Crippen LogP contribution in [-0.2, 0) is 6.54 Å². The molecule has 1 aromatic carbocycles. The summed E-state index contributed by atoms with van der Waals surface area (Å²) < 4.78 is 10.5.